The second kappa shape index (κ2) is 4.10. The van der Waals surface area contributed by atoms with Crippen LogP contribution in [0.1, 0.15) is 18.9 Å². The standard InChI is InChI=1S/C14H20N2/c1-11-8-12-4-2-3-5-14(12)16(10-11)13-6-7-15-9-13/h2-5,11,13,15H,6-10H2,1H3/t11-,13+/m0/s1. The van der Waals surface area contributed by atoms with Crippen LogP contribution in [-0.4, -0.2) is 25.7 Å². The minimum atomic E-state index is 0.712. The topological polar surface area (TPSA) is 15.3 Å². The van der Waals surface area contributed by atoms with E-state index in [2.05, 4.69) is 41.4 Å². The fraction of sp³-hybridized carbons (Fsp3) is 0.571. The predicted molar refractivity (Wildman–Crippen MR) is 67.9 cm³/mol. The minimum Gasteiger partial charge on any atom is -0.367 e. The van der Waals surface area contributed by atoms with E-state index in [1.165, 1.54) is 37.2 Å². The van der Waals surface area contributed by atoms with Crippen molar-refractivity contribution < 1.29 is 0 Å². The maximum atomic E-state index is 3.47. The van der Waals surface area contributed by atoms with Crippen molar-refractivity contribution in [2.24, 2.45) is 5.92 Å². The molecule has 0 bridgehead atoms. The molecule has 1 aromatic rings. The van der Waals surface area contributed by atoms with Crippen LogP contribution < -0.4 is 10.2 Å². The van der Waals surface area contributed by atoms with Crippen LogP contribution in [0, 0.1) is 5.92 Å². The number of hydrogen-bond acceptors (Lipinski definition) is 2. The molecule has 0 spiro atoms. The molecule has 2 heterocycles. The molecule has 1 aromatic carbocycles. The zero-order valence-corrected chi connectivity index (χ0v) is 9.95. The predicted octanol–water partition coefficient (Wildman–Crippen LogP) is 2.05. The van der Waals surface area contributed by atoms with Crippen LogP contribution in [0.15, 0.2) is 24.3 Å². The number of rotatable bonds is 1. The van der Waals surface area contributed by atoms with Gasteiger partial charge < -0.3 is 10.2 Å². The lowest BCUT2D eigenvalue weighted by atomic mass is 9.92. The van der Waals surface area contributed by atoms with Gasteiger partial charge in [-0.05, 0) is 36.9 Å². The Morgan fingerprint density at radius 2 is 2.19 bits per heavy atom. The normalized spacial score (nSPS) is 29.2. The largest absolute Gasteiger partial charge is 0.367 e. The second-order valence-corrected chi connectivity index (χ2v) is 5.24. The summed E-state index contributed by atoms with van der Waals surface area (Å²) in [4.78, 5) is 2.63. The molecule has 0 amide bonds. The summed E-state index contributed by atoms with van der Waals surface area (Å²) in [5.41, 5.74) is 3.02. The van der Waals surface area contributed by atoms with E-state index in [9.17, 15) is 0 Å². The zero-order chi connectivity index (χ0) is 11.0. The number of anilines is 1. The third-order valence-corrected chi connectivity index (χ3v) is 3.85. The molecule has 1 saturated heterocycles. The summed E-state index contributed by atoms with van der Waals surface area (Å²) in [6.07, 6.45) is 2.54. The van der Waals surface area contributed by atoms with Crippen molar-refractivity contribution in [2.45, 2.75) is 25.8 Å². The van der Waals surface area contributed by atoms with Crippen LogP contribution in [0.5, 0.6) is 0 Å². The molecule has 16 heavy (non-hydrogen) atoms. The average molecular weight is 216 g/mol. The summed E-state index contributed by atoms with van der Waals surface area (Å²) >= 11 is 0. The summed E-state index contributed by atoms with van der Waals surface area (Å²) in [5, 5.41) is 3.47. The number of para-hydroxylation sites is 1. The highest BCUT2D eigenvalue weighted by Gasteiger charge is 2.28. The van der Waals surface area contributed by atoms with Crippen LogP contribution in [0.4, 0.5) is 5.69 Å². The molecule has 86 valence electrons. The van der Waals surface area contributed by atoms with Crippen LogP contribution in [-0.2, 0) is 6.42 Å². The fourth-order valence-corrected chi connectivity index (χ4v) is 3.09. The van der Waals surface area contributed by atoms with Gasteiger partial charge in [0.1, 0.15) is 0 Å². The van der Waals surface area contributed by atoms with Crippen molar-refractivity contribution in [1.29, 1.82) is 0 Å². The number of nitrogens with zero attached hydrogens (tertiary/aromatic N) is 1. The second-order valence-electron chi connectivity index (χ2n) is 5.24. The molecule has 0 unspecified atom stereocenters. The lowest BCUT2D eigenvalue weighted by Gasteiger charge is -2.38. The maximum absolute atomic E-state index is 3.47. The van der Waals surface area contributed by atoms with Gasteiger partial charge in [-0.15, -0.1) is 0 Å². The van der Waals surface area contributed by atoms with Crippen molar-refractivity contribution in [3.63, 3.8) is 0 Å². The highest BCUT2D eigenvalue weighted by molar-refractivity contribution is 5.56. The van der Waals surface area contributed by atoms with Crippen molar-refractivity contribution >= 4 is 5.69 Å². The molecule has 1 fully saturated rings. The van der Waals surface area contributed by atoms with E-state index in [1.54, 1.807) is 0 Å². The monoisotopic (exact) mass is 216 g/mol. The number of fused-ring (bicyclic) bond motifs is 1. The maximum Gasteiger partial charge on any atom is 0.0426 e. The first kappa shape index (κ1) is 10.2. The molecule has 0 radical (unpaired) electrons. The van der Waals surface area contributed by atoms with Crippen LogP contribution >= 0.6 is 0 Å². The van der Waals surface area contributed by atoms with Gasteiger partial charge in [-0.1, -0.05) is 25.1 Å². The highest BCUT2D eigenvalue weighted by Crippen LogP contribution is 2.31. The van der Waals surface area contributed by atoms with Crippen molar-refractivity contribution in [1.82, 2.24) is 5.32 Å². The smallest absolute Gasteiger partial charge is 0.0426 e. The first-order valence-corrected chi connectivity index (χ1v) is 6.40. The van der Waals surface area contributed by atoms with Crippen LogP contribution in [0.25, 0.3) is 0 Å². The van der Waals surface area contributed by atoms with Gasteiger partial charge in [-0.2, -0.15) is 0 Å². The molecule has 2 atom stereocenters. The molecule has 2 heteroatoms. The lowest BCUT2D eigenvalue weighted by Crippen LogP contribution is -2.43. The number of hydrogen-bond donors (Lipinski definition) is 1. The first-order chi connectivity index (χ1) is 7.84. The van der Waals surface area contributed by atoms with Gasteiger partial charge >= 0.3 is 0 Å². The molecular weight excluding hydrogens is 196 g/mol. The quantitative estimate of drug-likeness (QED) is 0.773. The van der Waals surface area contributed by atoms with E-state index in [0.717, 1.165) is 12.5 Å². The van der Waals surface area contributed by atoms with Crippen molar-refractivity contribution in [3.05, 3.63) is 29.8 Å². The van der Waals surface area contributed by atoms with E-state index >= 15 is 0 Å². The van der Waals surface area contributed by atoms with Gasteiger partial charge in [0, 0.05) is 24.8 Å². The van der Waals surface area contributed by atoms with Gasteiger partial charge in [0.05, 0.1) is 0 Å². The van der Waals surface area contributed by atoms with Gasteiger partial charge in [0.2, 0.25) is 0 Å². The summed E-state index contributed by atoms with van der Waals surface area (Å²) in [6.45, 7) is 5.92. The van der Waals surface area contributed by atoms with Crippen LogP contribution in [0.3, 0.4) is 0 Å². The van der Waals surface area contributed by atoms with E-state index in [1.807, 2.05) is 0 Å². The molecule has 0 aliphatic carbocycles. The van der Waals surface area contributed by atoms with Gasteiger partial charge in [-0.3, -0.25) is 0 Å². The summed E-state index contributed by atoms with van der Waals surface area (Å²) in [6, 6.07) is 9.63. The number of benzene rings is 1. The SMILES string of the molecule is C[C@H]1Cc2ccccc2N([C@@H]2CCNC2)C1. The molecule has 3 rings (SSSR count). The Kier molecular flexibility index (Phi) is 2.60. The Hall–Kier alpha value is -1.02. The Balaban J connectivity index is 1.93. The molecule has 2 aliphatic rings. The van der Waals surface area contributed by atoms with Crippen LogP contribution in [0.2, 0.25) is 0 Å². The zero-order valence-electron chi connectivity index (χ0n) is 9.95. The Morgan fingerprint density at radius 3 is 3.00 bits per heavy atom. The Labute approximate surface area is 97.6 Å². The molecule has 0 saturated carbocycles. The Morgan fingerprint density at radius 1 is 1.31 bits per heavy atom. The summed E-state index contributed by atoms with van der Waals surface area (Å²) in [5.74, 6) is 0.787. The third-order valence-electron chi connectivity index (χ3n) is 3.85. The molecule has 2 aliphatic heterocycles. The van der Waals surface area contributed by atoms with Crippen molar-refractivity contribution in [2.75, 3.05) is 24.5 Å². The summed E-state index contributed by atoms with van der Waals surface area (Å²) < 4.78 is 0. The molecule has 0 aromatic heterocycles. The highest BCUT2D eigenvalue weighted by atomic mass is 15.2. The third kappa shape index (κ3) is 1.71. The molecular formula is C14H20N2. The van der Waals surface area contributed by atoms with E-state index in [4.69, 9.17) is 0 Å². The molecule has 1 N–H and O–H groups in total. The Bertz CT molecular complexity index is 369. The van der Waals surface area contributed by atoms with E-state index in [-0.39, 0.29) is 0 Å². The van der Waals surface area contributed by atoms with Gasteiger partial charge in [0.15, 0.2) is 0 Å². The van der Waals surface area contributed by atoms with Crippen molar-refractivity contribution in [3.8, 4) is 0 Å². The van der Waals surface area contributed by atoms with Gasteiger partial charge in [-0.25, -0.2) is 0 Å². The fourth-order valence-electron chi connectivity index (χ4n) is 3.09. The van der Waals surface area contributed by atoms with Gasteiger partial charge in [0.25, 0.3) is 0 Å². The van der Waals surface area contributed by atoms with E-state index < -0.39 is 0 Å². The average Bonchev–Trinajstić information content (AvgIpc) is 2.81. The first-order valence-electron chi connectivity index (χ1n) is 6.40. The minimum absolute atomic E-state index is 0.712. The van der Waals surface area contributed by atoms with E-state index in [0.29, 0.717) is 6.04 Å². The lowest BCUT2D eigenvalue weighted by molar-refractivity contribution is 0.492. The summed E-state index contributed by atoms with van der Waals surface area (Å²) in [7, 11) is 0. The number of nitrogens with one attached hydrogen (secondary N) is 1. The molecule has 2 nitrogen and oxygen atoms in total.